The largest absolute Gasteiger partial charge is 0.314 e. The molecule has 0 bridgehead atoms. The van der Waals surface area contributed by atoms with Crippen LogP contribution in [0.25, 0.3) is 0 Å². The van der Waals surface area contributed by atoms with Crippen LogP contribution in [0.2, 0.25) is 0 Å². The molecule has 1 fully saturated rings. The Hall–Kier alpha value is -0.0800. The van der Waals surface area contributed by atoms with E-state index in [-0.39, 0.29) is 0 Å². The minimum atomic E-state index is 0.425. The van der Waals surface area contributed by atoms with Crippen molar-refractivity contribution >= 4 is 0 Å². The van der Waals surface area contributed by atoms with Crippen LogP contribution in [0.3, 0.4) is 0 Å². The van der Waals surface area contributed by atoms with Gasteiger partial charge in [-0.1, -0.05) is 27.7 Å². The van der Waals surface area contributed by atoms with E-state index in [1.54, 1.807) is 0 Å². The van der Waals surface area contributed by atoms with E-state index in [1.807, 2.05) is 0 Å². The highest BCUT2D eigenvalue weighted by molar-refractivity contribution is 4.82. The van der Waals surface area contributed by atoms with Gasteiger partial charge in [0.25, 0.3) is 0 Å². The molecule has 1 N–H and O–H groups in total. The van der Waals surface area contributed by atoms with Crippen molar-refractivity contribution in [2.45, 2.75) is 53.0 Å². The van der Waals surface area contributed by atoms with Crippen LogP contribution in [0.15, 0.2) is 0 Å². The van der Waals surface area contributed by atoms with Crippen LogP contribution in [0.4, 0.5) is 0 Å². The molecule has 0 aliphatic heterocycles. The van der Waals surface area contributed by atoms with Crippen LogP contribution in [0.5, 0.6) is 0 Å². The molecule has 16 heavy (non-hydrogen) atoms. The van der Waals surface area contributed by atoms with Crippen LogP contribution < -0.4 is 5.32 Å². The van der Waals surface area contributed by atoms with Gasteiger partial charge in [-0.2, -0.15) is 0 Å². The Morgan fingerprint density at radius 3 is 2.44 bits per heavy atom. The van der Waals surface area contributed by atoms with Crippen molar-refractivity contribution in [2.24, 2.45) is 11.3 Å². The highest BCUT2D eigenvalue weighted by Gasteiger charge is 2.28. The molecule has 0 aromatic rings. The van der Waals surface area contributed by atoms with Gasteiger partial charge < -0.3 is 10.2 Å². The molecule has 1 saturated carbocycles. The normalized spacial score (nSPS) is 20.4. The predicted molar refractivity (Wildman–Crippen MR) is 71.8 cm³/mol. The van der Waals surface area contributed by atoms with Gasteiger partial charge in [-0.15, -0.1) is 0 Å². The van der Waals surface area contributed by atoms with E-state index in [9.17, 15) is 0 Å². The highest BCUT2D eigenvalue weighted by Crippen LogP contribution is 2.30. The number of nitrogens with zero attached hydrogens (tertiary/aromatic N) is 1. The molecule has 1 aliphatic carbocycles. The second-order valence-corrected chi connectivity index (χ2v) is 6.34. The lowest BCUT2D eigenvalue weighted by molar-refractivity contribution is 0.173. The predicted octanol–water partition coefficient (Wildman–Crippen LogP) is 2.74. The van der Waals surface area contributed by atoms with Crippen LogP contribution >= 0.6 is 0 Å². The molecule has 1 aliphatic rings. The van der Waals surface area contributed by atoms with Crippen LogP contribution in [-0.2, 0) is 0 Å². The van der Waals surface area contributed by atoms with Crippen molar-refractivity contribution in [3.8, 4) is 0 Å². The summed E-state index contributed by atoms with van der Waals surface area (Å²) < 4.78 is 0. The minimum Gasteiger partial charge on any atom is -0.314 e. The van der Waals surface area contributed by atoms with E-state index in [1.165, 1.54) is 32.4 Å². The third-order valence-corrected chi connectivity index (χ3v) is 3.71. The first kappa shape index (κ1) is 14.0. The fourth-order valence-corrected chi connectivity index (χ4v) is 2.20. The Labute approximate surface area is 102 Å². The lowest BCUT2D eigenvalue weighted by atomic mass is 9.86. The Bertz CT molecular complexity index is 199. The monoisotopic (exact) mass is 226 g/mol. The van der Waals surface area contributed by atoms with E-state index in [2.05, 4.69) is 45.0 Å². The standard InChI is InChI=1S/C14H30N2/c1-6-14(4,10-15-12(2)3)11-16(5)9-13-7-8-13/h12-13,15H,6-11H2,1-5H3. The van der Waals surface area contributed by atoms with E-state index < -0.39 is 0 Å². The summed E-state index contributed by atoms with van der Waals surface area (Å²) in [6.07, 6.45) is 4.16. The van der Waals surface area contributed by atoms with Crippen molar-refractivity contribution in [1.82, 2.24) is 10.2 Å². The zero-order valence-corrected chi connectivity index (χ0v) is 11.8. The Kier molecular flexibility index (Phi) is 5.26. The summed E-state index contributed by atoms with van der Waals surface area (Å²) in [4.78, 5) is 2.53. The van der Waals surface area contributed by atoms with Gasteiger partial charge in [0.2, 0.25) is 0 Å². The molecule has 2 heteroatoms. The molecule has 1 atom stereocenters. The second-order valence-electron chi connectivity index (χ2n) is 6.34. The summed E-state index contributed by atoms with van der Waals surface area (Å²) in [7, 11) is 2.28. The quantitative estimate of drug-likeness (QED) is 0.684. The maximum Gasteiger partial charge on any atom is 0.00444 e. The molecule has 96 valence electrons. The molecule has 0 radical (unpaired) electrons. The molecule has 0 heterocycles. The molecule has 0 aromatic carbocycles. The lowest BCUT2D eigenvalue weighted by Crippen LogP contribution is -2.43. The maximum atomic E-state index is 3.58. The average Bonchev–Trinajstić information content (AvgIpc) is 2.98. The summed E-state index contributed by atoms with van der Waals surface area (Å²) in [5, 5.41) is 3.58. The summed E-state index contributed by atoms with van der Waals surface area (Å²) >= 11 is 0. The summed E-state index contributed by atoms with van der Waals surface area (Å²) in [6.45, 7) is 12.8. The summed E-state index contributed by atoms with van der Waals surface area (Å²) in [5.41, 5.74) is 0.425. The number of hydrogen-bond donors (Lipinski definition) is 1. The van der Waals surface area contributed by atoms with Crippen LogP contribution in [0, 0.1) is 11.3 Å². The van der Waals surface area contributed by atoms with Gasteiger partial charge in [0.15, 0.2) is 0 Å². The second kappa shape index (κ2) is 6.02. The fourth-order valence-electron chi connectivity index (χ4n) is 2.20. The zero-order chi connectivity index (χ0) is 12.2. The van der Waals surface area contributed by atoms with E-state index >= 15 is 0 Å². The number of hydrogen-bond acceptors (Lipinski definition) is 2. The molecule has 0 amide bonds. The van der Waals surface area contributed by atoms with Crippen molar-refractivity contribution < 1.29 is 0 Å². The van der Waals surface area contributed by atoms with Crippen LogP contribution in [-0.4, -0.2) is 37.6 Å². The smallest absolute Gasteiger partial charge is 0.00444 e. The summed E-state index contributed by atoms with van der Waals surface area (Å²) in [6, 6.07) is 0.597. The average molecular weight is 226 g/mol. The molecule has 0 spiro atoms. The Balaban J connectivity index is 2.31. The number of nitrogens with one attached hydrogen (secondary N) is 1. The molecular weight excluding hydrogens is 196 g/mol. The lowest BCUT2D eigenvalue weighted by Gasteiger charge is -2.34. The van der Waals surface area contributed by atoms with Crippen LogP contribution in [0.1, 0.15) is 47.0 Å². The SMILES string of the molecule is CCC(C)(CNC(C)C)CN(C)CC1CC1. The molecular formula is C14H30N2. The minimum absolute atomic E-state index is 0.425. The molecule has 1 unspecified atom stereocenters. The third kappa shape index (κ3) is 5.31. The van der Waals surface area contributed by atoms with Gasteiger partial charge in [0.1, 0.15) is 0 Å². The van der Waals surface area contributed by atoms with Crippen molar-refractivity contribution in [3.05, 3.63) is 0 Å². The summed E-state index contributed by atoms with van der Waals surface area (Å²) in [5.74, 6) is 1.00. The maximum absolute atomic E-state index is 3.58. The zero-order valence-electron chi connectivity index (χ0n) is 11.8. The van der Waals surface area contributed by atoms with Gasteiger partial charge in [-0.25, -0.2) is 0 Å². The first-order valence-corrected chi connectivity index (χ1v) is 6.87. The van der Waals surface area contributed by atoms with Gasteiger partial charge >= 0.3 is 0 Å². The van der Waals surface area contributed by atoms with Gasteiger partial charge in [0.05, 0.1) is 0 Å². The molecule has 2 nitrogen and oxygen atoms in total. The topological polar surface area (TPSA) is 15.3 Å². The van der Waals surface area contributed by atoms with Gasteiger partial charge in [-0.3, -0.25) is 0 Å². The van der Waals surface area contributed by atoms with E-state index in [0.29, 0.717) is 11.5 Å². The van der Waals surface area contributed by atoms with E-state index in [0.717, 1.165) is 12.5 Å². The van der Waals surface area contributed by atoms with Crippen molar-refractivity contribution in [1.29, 1.82) is 0 Å². The van der Waals surface area contributed by atoms with Gasteiger partial charge in [-0.05, 0) is 37.6 Å². The Morgan fingerprint density at radius 1 is 1.38 bits per heavy atom. The highest BCUT2D eigenvalue weighted by atomic mass is 15.1. The number of rotatable bonds is 8. The van der Waals surface area contributed by atoms with Crippen molar-refractivity contribution in [3.63, 3.8) is 0 Å². The molecule has 0 aromatic heterocycles. The fraction of sp³-hybridized carbons (Fsp3) is 1.00. The van der Waals surface area contributed by atoms with Gasteiger partial charge in [0, 0.05) is 25.7 Å². The first-order valence-electron chi connectivity index (χ1n) is 6.87. The van der Waals surface area contributed by atoms with E-state index in [4.69, 9.17) is 0 Å². The molecule has 1 rings (SSSR count). The first-order chi connectivity index (χ1) is 7.45. The van der Waals surface area contributed by atoms with Crippen molar-refractivity contribution in [2.75, 3.05) is 26.7 Å². The Morgan fingerprint density at radius 2 is 2.00 bits per heavy atom. The molecule has 0 saturated heterocycles. The third-order valence-electron chi connectivity index (χ3n) is 3.71.